The molecule has 0 aliphatic carbocycles. The monoisotopic (exact) mass is 430 g/mol. The predicted molar refractivity (Wildman–Crippen MR) is 96.3 cm³/mol. The zero-order chi connectivity index (χ0) is 21.2. The molecule has 2 N–H and O–H groups in total. The number of hydrogen-bond donors (Lipinski definition) is 2. The van der Waals surface area contributed by atoms with Gasteiger partial charge in [0.15, 0.2) is 17.5 Å². The van der Waals surface area contributed by atoms with Crippen LogP contribution < -0.4 is 5.32 Å². The van der Waals surface area contributed by atoms with Gasteiger partial charge in [-0.3, -0.25) is 4.79 Å². The van der Waals surface area contributed by atoms with Gasteiger partial charge in [-0.05, 0) is 18.2 Å². The highest BCUT2D eigenvalue weighted by Crippen LogP contribution is 2.21. The molecule has 2 aromatic carbocycles. The van der Waals surface area contributed by atoms with Crippen LogP contribution in [0, 0.1) is 17.5 Å². The third-order valence-electron chi connectivity index (χ3n) is 4.19. The summed E-state index contributed by atoms with van der Waals surface area (Å²) in [6.45, 7) is -0.00570. The molecule has 1 aliphatic rings. The summed E-state index contributed by atoms with van der Waals surface area (Å²) in [7, 11) is -4.02. The van der Waals surface area contributed by atoms with Gasteiger partial charge in [0.05, 0.1) is 24.2 Å². The second kappa shape index (κ2) is 8.49. The first-order valence-electron chi connectivity index (χ1n) is 8.50. The smallest absolute Gasteiger partial charge is 0.255 e. The van der Waals surface area contributed by atoms with Crippen LogP contribution in [0.2, 0.25) is 0 Å². The molecule has 0 aromatic heterocycles. The maximum Gasteiger partial charge on any atom is 0.255 e. The van der Waals surface area contributed by atoms with E-state index in [9.17, 15) is 31.5 Å². The van der Waals surface area contributed by atoms with Gasteiger partial charge >= 0.3 is 0 Å². The topological polar surface area (TPSA) is 95.9 Å². The summed E-state index contributed by atoms with van der Waals surface area (Å²) in [5, 5.41) is 11.9. The van der Waals surface area contributed by atoms with Crippen LogP contribution in [0.15, 0.2) is 41.3 Å². The van der Waals surface area contributed by atoms with Gasteiger partial charge in [0, 0.05) is 36.5 Å². The summed E-state index contributed by atoms with van der Waals surface area (Å²) in [4.78, 5) is 12.2. The first-order valence-corrected chi connectivity index (χ1v) is 9.94. The quantitative estimate of drug-likeness (QED) is 0.721. The Morgan fingerprint density at radius 2 is 1.86 bits per heavy atom. The highest BCUT2D eigenvalue weighted by atomic mass is 32.2. The zero-order valence-electron chi connectivity index (χ0n) is 14.9. The van der Waals surface area contributed by atoms with Gasteiger partial charge in [-0.2, -0.15) is 4.31 Å². The van der Waals surface area contributed by atoms with E-state index in [1.165, 1.54) is 18.2 Å². The van der Waals surface area contributed by atoms with Crippen molar-refractivity contribution in [3.05, 3.63) is 59.4 Å². The fourth-order valence-electron chi connectivity index (χ4n) is 2.76. The number of rotatable bonds is 4. The van der Waals surface area contributed by atoms with E-state index in [0.717, 1.165) is 10.4 Å². The van der Waals surface area contributed by atoms with E-state index < -0.39 is 39.5 Å². The summed E-state index contributed by atoms with van der Waals surface area (Å²) in [6.07, 6.45) is -0.984. The summed E-state index contributed by atoms with van der Waals surface area (Å²) in [5.74, 6) is -5.46. The number of ether oxygens (including phenoxy) is 1. The average Bonchev–Trinajstić information content (AvgIpc) is 2.91. The Bertz CT molecular complexity index is 1010. The number of halogens is 3. The maximum absolute atomic E-state index is 13.3. The lowest BCUT2D eigenvalue weighted by Crippen LogP contribution is -2.37. The van der Waals surface area contributed by atoms with E-state index >= 15 is 0 Å². The number of sulfonamides is 1. The van der Waals surface area contributed by atoms with Crippen molar-refractivity contribution in [1.29, 1.82) is 0 Å². The summed E-state index contributed by atoms with van der Waals surface area (Å²) < 4.78 is 71.5. The number of aliphatic hydroxyl groups is 1. The third kappa shape index (κ3) is 4.75. The number of nitrogens with zero attached hydrogens (tertiary/aromatic N) is 1. The molecule has 0 spiro atoms. The molecular weight excluding hydrogens is 413 g/mol. The molecule has 1 aliphatic heterocycles. The molecule has 156 valence electrons. The van der Waals surface area contributed by atoms with Gasteiger partial charge in [-0.25, -0.2) is 21.6 Å². The molecule has 0 radical (unpaired) electrons. The van der Waals surface area contributed by atoms with Gasteiger partial charge in [-0.15, -0.1) is 0 Å². The molecule has 29 heavy (non-hydrogen) atoms. The summed E-state index contributed by atoms with van der Waals surface area (Å²) in [5.41, 5.74) is -0.421. The number of hydrogen-bond acceptors (Lipinski definition) is 5. The molecule has 1 atom stereocenters. The number of nitrogens with one attached hydrogen (secondary N) is 1. The van der Waals surface area contributed by atoms with Crippen molar-refractivity contribution in [2.75, 3.05) is 31.6 Å². The van der Waals surface area contributed by atoms with Crippen LogP contribution in [0.1, 0.15) is 10.4 Å². The number of aliphatic hydroxyl groups excluding tert-OH is 1. The van der Waals surface area contributed by atoms with Crippen molar-refractivity contribution in [2.45, 2.75) is 11.0 Å². The standard InChI is InChI=1S/C18H17F3N2O5S/c19-15-7-12(8-16(20)17(15)21)22-18(25)11-2-1-3-14(6-11)29(26,27)23-4-5-28-10-13(24)9-23/h1-3,6-8,13,24H,4-5,9-10H2,(H,22,25). The van der Waals surface area contributed by atoms with Gasteiger partial charge in [0.2, 0.25) is 10.0 Å². The van der Waals surface area contributed by atoms with Crippen molar-refractivity contribution in [3.8, 4) is 0 Å². The van der Waals surface area contributed by atoms with E-state index in [0.29, 0.717) is 12.1 Å². The average molecular weight is 430 g/mol. The lowest BCUT2D eigenvalue weighted by Gasteiger charge is -2.21. The first-order chi connectivity index (χ1) is 13.7. The summed E-state index contributed by atoms with van der Waals surface area (Å²) in [6, 6.07) is 6.23. The molecule has 1 saturated heterocycles. The van der Waals surface area contributed by atoms with Crippen LogP contribution in [0.3, 0.4) is 0 Å². The number of β-amino-alcohol motifs (C(OH)–C–C–N with tert-alkyl or cyclic N) is 1. The zero-order valence-corrected chi connectivity index (χ0v) is 15.8. The van der Waals surface area contributed by atoms with Crippen LogP contribution in [0.4, 0.5) is 18.9 Å². The van der Waals surface area contributed by atoms with E-state index in [1.54, 1.807) is 0 Å². The number of carbonyl (C=O) groups excluding carboxylic acids is 1. The Morgan fingerprint density at radius 3 is 2.55 bits per heavy atom. The molecule has 1 unspecified atom stereocenters. The lowest BCUT2D eigenvalue weighted by molar-refractivity contribution is 0.0583. The Balaban J connectivity index is 1.84. The molecule has 11 heteroatoms. The Kier molecular flexibility index (Phi) is 6.22. The van der Waals surface area contributed by atoms with Crippen LogP contribution in [-0.2, 0) is 14.8 Å². The van der Waals surface area contributed by atoms with E-state index in [2.05, 4.69) is 5.32 Å². The van der Waals surface area contributed by atoms with Gasteiger partial charge < -0.3 is 15.2 Å². The van der Waals surface area contributed by atoms with Crippen molar-refractivity contribution in [3.63, 3.8) is 0 Å². The third-order valence-corrected chi connectivity index (χ3v) is 6.05. The minimum absolute atomic E-state index is 0.0131. The highest BCUT2D eigenvalue weighted by molar-refractivity contribution is 7.89. The lowest BCUT2D eigenvalue weighted by atomic mass is 10.2. The summed E-state index contributed by atoms with van der Waals surface area (Å²) >= 11 is 0. The second-order valence-corrected chi connectivity index (χ2v) is 8.27. The first kappa shape index (κ1) is 21.2. The molecule has 1 amide bonds. The van der Waals surface area contributed by atoms with Crippen molar-refractivity contribution in [1.82, 2.24) is 4.31 Å². The molecule has 3 rings (SSSR count). The molecular formula is C18H17F3N2O5S. The fourth-order valence-corrected chi connectivity index (χ4v) is 4.27. The van der Waals surface area contributed by atoms with Gasteiger partial charge in [0.1, 0.15) is 0 Å². The minimum atomic E-state index is -4.02. The number of carbonyl (C=O) groups is 1. The SMILES string of the molecule is O=C(Nc1cc(F)c(F)c(F)c1)c1cccc(S(=O)(=O)N2CCOCC(O)C2)c1. The van der Waals surface area contributed by atoms with Crippen molar-refractivity contribution >= 4 is 21.6 Å². The fraction of sp³-hybridized carbons (Fsp3) is 0.278. The number of benzene rings is 2. The van der Waals surface area contributed by atoms with Gasteiger partial charge in [0.25, 0.3) is 5.91 Å². The Labute approximate surface area is 164 Å². The van der Waals surface area contributed by atoms with Crippen LogP contribution in [0.25, 0.3) is 0 Å². The van der Waals surface area contributed by atoms with E-state index in [1.807, 2.05) is 0 Å². The number of anilines is 1. The second-order valence-electron chi connectivity index (χ2n) is 6.33. The largest absolute Gasteiger partial charge is 0.389 e. The van der Waals surface area contributed by atoms with E-state index in [-0.39, 0.29) is 42.4 Å². The predicted octanol–water partition coefficient (Wildman–Crippen LogP) is 1.74. The Morgan fingerprint density at radius 1 is 1.17 bits per heavy atom. The van der Waals surface area contributed by atoms with Crippen LogP contribution in [-0.4, -0.2) is 56.1 Å². The van der Waals surface area contributed by atoms with Gasteiger partial charge in [-0.1, -0.05) is 6.07 Å². The molecule has 0 bridgehead atoms. The minimum Gasteiger partial charge on any atom is -0.389 e. The van der Waals surface area contributed by atoms with E-state index in [4.69, 9.17) is 4.74 Å². The maximum atomic E-state index is 13.3. The van der Waals surface area contributed by atoms with Crippen molar-refractivity contribution in [2.24, 2.45) is 0 Å². The molecule has 7 nitrogen and oxygen atoms in total. The molecule has 1 heterocycles. The molecule has 1 fully saturated rings. The van der Waals surface area contributed by atoms with Crippen LogP contribution >= 0.6 is 0 Å². The molecule has 0 saturated carbocycles. The Hall–Kier alpha value is -2.47. The van der Waals surface area contributed by atoms with Crippen LogP contribution in [0.5, 0.6) is 0 Å². The number of amides is 1. The molecule has 2 aromatic rings. The normalized spacial score (nSPS) is 18.3. The van der Waals surface area contributed by atoms with Crippen molar-refractivity contribution < 1.29 is 36.2 Å². The highest BCUT2D eigenvalue weighted by Gasteiger charge is 2.29.